The molecule has 1 fully saturated rings. The third-order valence-corrected chi connectivity index (χ3v) is 8.22. The number of carbonyl (C=O) groups is 1. The van der Waals surface area contributed by atoms with Gasteiger partial charge in [-0.1, -0.05) is 54.6 Å². The molecule has 0 aromatic heterocycles. The van der Waals surface area contributed by atoms with Gasteiger partial charge in [-0.25, -0.2) is 9.18 Å². The Labute approximate surface area is 230 Å². The summed E-state index contributed by atoms with van der Waals surface area (Å²) in [5.41, 5.74) is 6.76. The van der Waals surface area contributed by atoms with Gasteiger partial charge in [-0.15, -0.1) is 0 Å². The van der Waals surface area contributed by atoms with Crippen molar-refractivity contribution >= 4 is 19.3 Å². The molecule has 3 aromatic carbocycles. The topological polar surface area (TPSA) is 56.8 Å². The molecular weight excluding hydrogens is 492 g/mol. The molecular formula is C32H35BFNO4. The van der Waals surface area contributed by atoms with E-state index in [1.165, 1.54) is 23.3 Å². The van der Waals surface area contributed by atoms with Gasteiger partial charge in [0.2, 0.25) is 0 Å². The Hall–Kier alpha value is -3.42. The highest BCUT2D eigenvalue weighted by atomic mass is 19.1. The van der Waals surface area contributed by atoms with E-state index in [-0.39, 0.29) is 24.9 Å². The van der Waals surface area contributed by atoms with Crippen LogP contribution in [0.5, 0.6) is 0 Å². The number of fused-ring (bicyclic) bond motifs is 3. The average molecular weight is 527 g/mol. The van der Waals surface area contributed by atoms with Gasteiger partial charge in [-0.05, 0) is 98.1 Å². The molecule has 0 unspecified atom stereocenters. The van der Waals surface area contributed by atoms with Crippen LogP contribution in [0.25, 0.3) is 17.2 Å². The first-order valence-electron chi connectivity index (χ1n) is 13.4. The average Bonchev–Trinajstić information content (AvgIpc) is 3.31. The third-order valence-electron chi connectivity index (χ3n) is 8.22. The zero-order valence-corrected chi connectivity index (χ0v) is 23.4. The number of aryl methyl sites for hydroxylation is 2. The second-order valence-corrected chi connectivity index (χ2v) is 11.4. The summed E-state index contributed by atoms with van der Waals surface area (Å²) in [5, 5.41) is 2.89. The van der Waals surface area contributed by atoms with Gasteiger partial charge in [0.25, 0.3) is 0 Å². The predicted octanol–water partition coefficient (Wildman–Crippen LogP) is 7.00. The summed E-state index contributed by atoms with van der Waals surface area (Å²) < 4.78 is 32.3. The van der Waals surface area contributed by atoms with E-state index in [0.29, 0.717) is 0 Å². The second kappa shape index (κ2) is 10.3. The van der Waals surface area contributed by atoms with Crippen molar-refractivity contribution in [3.05, 3.63) is 99.8 Å². The third kappa shape index (κ3) is 5.26. The van der Waals surface area contributed by atoms with Gasteiger partial charge in [0, 0.05) is 12.5 Å². The minimum Gasteiger partial charge on any atom is -0.449 e. The Morgan fingerprint density at radius 2 is 1.46 bits per heavy atom. The summed E-state index contributed by atoms with van der Waals surface area (Å²) >= 11 is 0. The summed E-state index contributed by atoms with van der Waals surface area (Å²) in [7, 11) is -0.673. The highest BCUT2D eigenvalue weighted by molar-refractivity contribution is 6.56. The molecule has 0 spiro atoms. The van der Waals surface area contributed by atoms with Crippen LogP contribution in [0.15, 0.2) is 66.1 Å². The van der Waals surface area contributed by atoms with Crippen molar-refractivity contribution in [2.24, 2.45) is 0 Å². The molecule has 1 amide bonds. The highest BCUT2D eigenvalue weighted by Gasteiger charge is 2.52. The summed E-state index contributed by atoms with van der Waals surface area (Å²) in [5.74, 6) is -0.304. The lowest BCUT2D eigenvalue weighted by atomic mass is 9.76. The number of carbonyl (C=O) groups excluding carboxylic acids is 1. The van der Waals surface area contributed by atoms with E-state index in [9.17, 15) is 9.18 Å². The van der Waals surface area contributed by atoms with E-state index in [4.69, 9.17) is 14.0 Å². The number of hydrogen-bond donors (Lipinski definition) is 1. The monoisotopic (exact) mass is 527 g/mol. The molecule has 1 saturated heterocycles. The number of amides is 1. The van der Waals surface area contributed by atoms with Crippen molar-refractivity contribution < 1.29 is 23.2 Å². The number of alkyl carbamates (subject to hydrolysis) is 1. The number of ether oxygens (including phenoxy) is 1. The van der Waals surface area contributed by atoms with Gasteiger partial charge in [-0.3, -0.25) is 0 Å². The van der Waals surface area contributed by atoms with Crippen molar-refractivity contribution in [1.29, 1.82) is 0 Å². The number of halogens is 1. The molecule has 1 heterocycles. The van der Waals surface area contributed by atoms with E-state index in [1.54, 1.807) is 0 Å². The minimum absolute atomic E-state index is 0.0224. The van der Waals surface area contributed by atoms with Crippen LogP contribution in [0.4, 0.5) is 9.18 Å². The Kier molecular flexibility index (Phi) is 7.16. The summed E-state index contributed by atoms with van der Waals surface area (Å²) in [6.45, 7) is 12.0. The fraction of sp³-hybridized carbons (Fsp3) is 0.344. The van der Waals surface area contributed by atoms with Crippen molar-refractivity contribution in [1.82, 2.24) is 5.32 Å². The van der Waals surface area contributed by atoms with Crippen LogP contribution in [0.1, 0.15) is 61.4 Å². The summed E-state index contributed by atoms with van der Waals surface area (Å²) in [6.07, 6.45) is 1.41. The lowest BCUT2D eigenvalue weighted by Crippen LogP contribution is -2.41. The number of nitrogens with one attached hydrogen (secondary N) is 1. The lowest BCUT2D eigenvalue weighted by Gasteiger charge is -2.32. The molecule has 1 N–H and O–H groups in total. The van der Waals surface area contributed by atoms with E-state index in [2.05, 4.69) is 29.6 Å². The van der Waals surface area contributed by atoms with Crippen LogP contribution in [0, 0.1) is 19.7 Å². The van der Waals surface area contributed by atoms with Gasteiger partial charge in [0.05, 0.1) is 11.2 Å². The number of benzene rings is 3. The molecule has 7 heteroatoms. The Bertz CT molecular complexity index is 1360. The zero-order chi connectivity index (χ0) is 27.9. The predicted molar refractivity (Wildman–Crippen MR) is 153 cm³/mol. The molecule has 39 heavy (non-hydrogen) atoms. The van der Waals surface area contributed by atoms with Crippen LogP contribution in [0.2, 0.25) is 0 Å². The van der Waals surface area contributed by atoms with Crippen LogP contribution >= 0.6 is 0 Å². The fourth-order valence-electron chi connectivity index (χ4n) is 5.36. The van der Waals surface area contributed by atoms with Gasteiger partial charge < -0.3 is 19.4 Å². The zero-order valence-electron chi connectivity index (χ0n) is 23.4. The van der Waals surface area contributed by atoms with Gasteiger partial charge in [0.15, 0.2) is 0 Å². The quantitative estimate of drug-likeness (QED) is 0.351. The molecule has 0 atom stereocenters. The maximum Gasteiger partial charge on any atom is 0.492 e. The first-order valence-corrected chi connectivity index (χ1v) is 13.4. The number of hydrogen-bond acceptors (Lipinski definition) is 4. The van der Waals surface area contributed by atoms with Crippen molar-refractivity contribution in [2.45, 2.75) is 58.7 Å². The first-order chi connectivity index (χ1) is 18.5. The summed E-state index contributed by atoms with van der Waals surface area (Å²) in [4.78, 5) is 12.9. The molecule has 1 aliphatic carbocycles. The van der Waals surface area contributed by atoms with Crippen molar-refractivity contribution in [3.63, 3.8) is 0 Å². The van der Waals surface area contributed by atoms with Crippen LogP contribution in [0.3, 0.4) is 0 Å². The molecule has 2 aliphatic rings. The van der Waals surface area contributed by atoms with Crippen LogP contribution in [-0.2, 0) is 14.0 Å². The van der Waals surface area contributed by atoms with E-state index in [1.807, 2.05) is 71.9 Å². The SMILES string of the molecule is Cc1cc(F)cc(C)c1C=C(CNC(=O)OCC1c2ccccc2-c2ccccc21)B1OC(C)(C)C(C)(C)O1. The molecule has 0 bridgehead atoms. The lowest BCUT2D eigenvalue weighted by molar-refractivity contribution is 0.00578. The number of rotatable bonds is 6. The molecule has 1 aliphatic heterocycles. The standard InChI is InChI=1S/C32H35BFNO4/c1-20-15-23(34)16-21(2)28(20)17-22(33-38-31(3,4)32(5,6)39-33)18-35-30(36)37-19-29-26-13-9-7-11-24(26)25-12-8-10-14-27(25)29/h7-17,29H,18-19H2,1-6H3,(H,35,36). The second-order valence-electron chi connectivity index (χ2n) is 11.4. The molecule has 3 aromatic rings. The summed E-state index contributed by atoms with van der Waals surface area (Å²) in [6, 6.07) is 19.5. The van der Waals surface area contributed by atoms with Crippen LogP contribution in [-0.4, -0.2) is 37.6 Å². The molecule has 5 nitrogen and oxygen atoms in total. The molecule has 0 saturated carbocycles. The first kappa shape index (κ1) is 27.2. The fourth-order valence-corrected chi connectivity index (χ4v) is 5.36. The smallest absolute Gasteiger partial charge is 0.449 e. The minimum atomic E-state index is -0.673. The normalized spacial score (nSPS) is 17.6. The van der Waals surface area contributed by atoms with Crippen LogP contribution < -0.4 is 5.32 Å². The van der Waals surface area contributed by atoms with Gasteiger partial charge >= 0.3 is 13.2 Å². The van der Waals surface area contributed by atoms with E-state index < -0.39 is 24.4 Å². The molecule has 0 radical (unpaired) electrons. The highest BCUT2D eigenvalue weighted by Crippen LogP contribution is 2.44. The van der Waals surface area contributed by atoms with Crippen molar-refractivity contribution in [2.75, 3.05) is 13.2 Å². The molecule has 5 rings (SSSR count). The Morgan fingerprint density at radius 1 is 0.949 bits per heavy atom. The maximum atomic E-state index is 14.0. The van der Waals surface area contributed by atoms with Crippen molar-refractivity contribution in [3.8, 4) is 11.1 Å². The Balaban J connectivity index is 1.33. The van der Waals surface area contributed by atoms with E-state index >= 15 is 0 Å². The Morgan fingerprint density at radius 3 is 2.00 bits per heavy atom. The van der Waals surface area contributed by atoms with Gasteiger partial charge in [-0.2, -0.15) is 0 Å². The van der Waals surface area contributed by atoms with E-state index in [0.717, 1.165) is 33.3 Å². The maximum absolute atomic E-state index is 14.0. The van der Waals surface area contributed by atoms with Gasteiger partial charge in [0.1, 0.15) is 12.4 Å². The molecule has 202 valence electrons. The largest absolute Gasteiger partial charge is 0.492 e.